The molecule has 1 aliphatic rings. The number of ether oxygens (including phenoxy) is 2. The third kappa shape index (κ3) is 3.94. The van der Waals surface area contributed by atoms with Crippen LogP contribution in [0.5, 0.6) is 11.5 Å². The number of aromatic nitrogens is 4. The number of carbonyl (C=O) groups is 1. The van der Waals surface area contributed by atoms with Gasteiger partial charge in [-0.2, -0.15) is 5.10 Å². The van der Waals surface area contributed by atoms with Crippen molar-refractivity contribution < 1.29 is 14.3 Å². The van der Waals surface area contributed by atoms with Crippen molar-refractivity contribution in [3.8, 4) is 11.5 Å². The van der Waals surface area contributed by atoms with Gasteiger partial charge in [0.05, 0.1) is 31.3 Å². The highest BCUT2D eigenvalue weighted by Crippen LogP contribution is 2.30. The van der Waals surface area contributed by atoms with Crippen LogP contribution in [0.2, 0.25) is 0 Å². The monoisotopic (exact) mass is 420 g/mol. The summed E-state index contributed by atoms with van der Waals surface area (Å²) in [5.74, 6) is 1.65. The lowest BCUT2D eigenvalue weighted by Gasteiger charge is -2.14. The van der Waals surface area contributed by atoms with Crippen molar-refractivity contribution in [2.24, 2.45) is 0 Å². The Hall–Kier alpha value is -3.88. The summed E-state index contributed by atoms with van der Waals surface area (Å²) in [7, 11) is 3.22. The van der Waals surface area contributed by atoms with Gasteiger partial charge >= 0.3 is 0 Å². The first-order valence-corrected chi connectivity index (χ1v) is 9.85. The molecule has 160 valence electrons. The van der Waals surface area contributed by atoms with E-state index in [2.05, 4.69) is 16.5 Å². The van der Waals surface area contributed by atoms with Gasteiger partial charge in [0.25, 0.3) is 0 Å². The van der Waals surface area contributed by atoms with Crippen LogP contribution >= 0.6 is 0 Å². The summed E-state index contributed by atoms with van der Waals surface area (Å²) < 4.78 is 12.5. The number of nitrogens with zero attached hydrogens (tertiary/aromatic N) is 5. The minimum absolute atomic E-state index is 0.000219. The lowest BCUT2D eigenvalue weighted by Crippen LogP contribution is -2.27. The molecule has 2 aromatic heterocycles. The number of fused-ring (bicyclic) bond motifs is 1. The quantitative estimate of drug-likeness (QED) is 0.611. The Kier molecular flexibility index (Phi) is 5.57. The van der Waals surface area contributed by atoms with E-state index in [4.69, 9.17) is 20.3 Å². The molecule has 2 N–H and O–H groups in total. The Balaban J connectivity index is 1.72. The van der Waals surface area contributed by atoms with E-state index in [-0.39, 0.29) is 11.9 Å². The minimum atomic E-state index is -0.0832. The molecule has 3 heterocycles. The van der Waals surface area contributed by atoms with Crippen LogP contribution in [0.1, 0.15) is 23.7 Å². The molecule has 1 saturated heterocycles. The van der Waals surface area contributed by atoms with E-state index in [0.29, 0.717) is 47.1 Å². The van der Waals surface area contributed by atoms with Crippen LogP contribution < -0.4 is 15.2 Å². The van der Waals surface area contributed by atoms with Crippen LogP contribution in [0.25, 0.3) is 23.2 Å². The predicted octanol–water partition coefficient (Wildman–Crippen LogP) is 2.56. The van der Waals surface area contributed by atoms with Crippen molar-refractivity contribution in [3.05, 3.63) is 48.4 Å². The molecule has 9 heteroatoms. The van der Waals surface area contributed by atoms with E-state index < -0.39 is 0 Å². The number of nitrogens with two attached hydrogens (primary N) is 1. The van der Waals surface area contributed by atoms with Gasteiger partial charge in [-0.15, -0.1) is 0 Å². The Morgan fingerprint density at radius 3 is 2.61 bits per heavy atom. The number of hydrogen-bond donors (Lipinski definition) is 1. The summed E-state index contributed by atoms with van der Waals surface area (Å²) >= 11 is 0. The lowest BCUT2D eigenvalue weighted by molar-refractivity contribution is -0.125. The average Bonchev–Trinajstić information content (AvgIpc) is 3.42. The molecule has 3 aromatic rings. The van der Waals surface area contributed by atoms with Crippen LogP contribution in [0.3, 0.4) is 0 Å². The van der Waals surface area contributed by atoms with E-state index in [9.17, 15) is 4.79 Å². The van der Waals surface area contributed by atoms with Gasteiger partial charge in [-0.25, -0.2) is 14.6 Å². The Morgan fingerprint density at radius 1 is 1.19 bits per heavy atom. The fraction of sp³-hybridized carbons (Fsp3) is 0.273. The number of methoxy groups -OCH3 is 2. The Morgan fingerprint density at radius 2 is 1.94 bits per heavy atom. The molecule has 0 unspecified atom stereocenters. The summed E-state index contributed by atoms with van der Waals surface area (Å²) in [6.45, 7) is 4.76. The van der Waals surface area contributed by atoms with Crippen LogP contribution in [-0.2, 0) is 4.79 Å². The lowest BCUT2D eigenvalue weighted by atomic mass is 10.1. The van der Waals surface area contributed by atoms with Gasteiger partial charge in [0, 0.05) is 19.2 Å². The highest BCUT2D eigenvalue weighted by Gasteiger charge is 2.29. The summed E-state index contributed by atoms with van der Waals surface area (Å²) in [5, 5.41) is 5.46. The molecule has 31 heavy (non-hydrogen) atoms. The number of nitrogen functional groups attached to an aromatic ring is 1. The molecule has 0 bridgehead atoms. The zero-order valence-electron chi connectivity index (χ0n) is 17.5. The third-order valence-electron chi connectivity index (χ3n) is 5.35. The molecule has 1 aliphatic heterocycles. The highest BCUT2D eigenvalue weighted by molar-refractivity contribution is 5.94. The van der Waals surface area contributed by atoms with Crippen molar-refractivity contribution in [2.45, 2.75) is 12.5 Å². The summed E-state index contributed by atoms with van der Waals surface area (Å²) in [6.07, 6.45) is 7.31. The Bertz CT molecular complexity index is 1150. The number of likely N-dealkylation sites (tertiary alicyclic amines) is 1. The van der Waals surface area contributed by atoms with Crippen molar-refractivity contribution in [1.82, 2.24) is 24.6 Å². The maximum atomic E-state index is 12.0. The zero-order valence-corrected chi connectivity index (χ0v) is 17.5. The van der Waals surface area contributed by atoms with E-state index in [0.717, 1.165) is 12.0 Å². The molecule has 1 aromatic carbocycles. The van der Waals surface area contributed by atoms with Gasteiger partial charge in [0.15, 0.2) is 5.65 Å². The number of rotatable bonds is 6. The first kappa shape index (κ1) is 20.4. The maximum Gasteiger partial charge on any atom is 0.246 e. The van der Waals surface area contributed by atoms with E-state index in [1.54, 1.807) is 19.1 Å². The average molecular weight is 420 g/mol. The second-order valence-electron chi connectivity index (χ2n) is 7.20. The van der Waals surface area contributed by atoms with Gasteiger partial charge in [-0.3, -0.25) is 4.79 Å². The smallest absolute Gasteiger partial charge is 0.246 e. The topological polar surface area (TPSA) is 108 Å². The SMILES string of the molecule is C=CC(=O)N1CC[C@H](n2nc(/C=C/c3cc(OC)cc(OC)c3)c3c(N)ncnc32)C1. The zero-order chi connectivity index (χ0) is 22.0. The fourth-order valence-electron chi connectivity index (χ4n) is 3.77. The molecule has 0 spiro atoms. The van der Waals surface area contributed by atoms with E-state index in [1.807, 2.05) is 35.0 Å². The maximum absolute atomic E-state index is 12.0. The molecular weight excluding hydrogens is 396 g/mol. The number of anilines is 1. The predicted molar refractivity (Wildman–Crippen MR) is 119 cm³/mol. The van der Waals surface area contributed by atoms with E-state index in [1.165, 1.54) is 12.4 Å². The number of hydrogen-bond acceptors (Lipinski definition) is 7. The van der Waals surface area contributed by atoms with Crippen LogP contribution in [0, 0.1) is 0 Å². The van der Waals surface area contributed by atoms with Crippen LogP contribution in [0.15, 0.2) is 37.2 Å². The molecule has 0 radical (unpaired) electrons. The number of amides is 1. The Labute approximate surface area is 179 Å². The van der Waals surface area contributed by atoms with Crippen molar-refractivity contribution in [1.29, 1.82) is 0 Å². The van der Waals surface area contributed by atoms with E-state index >= 15 is 0 Å². The first-order valence-electron chi connectivity index (χ1n) is 9.85. The van der Waals surface area contributed by atoms with Crippen molar-refractivity contribution in [3.63, 3.8) is 0 Å². The molecule has 1 atom stereocenters. The van der Waals surface area contributed by atoms with Crippen LogP contribution in [-0.4, -0.2) is 57.9 Å². The highest BCUT2D eigenvalue weighted by atomic mass is 16.5. The minimum Gasteiger partial charge on any atom is -0.497 e. The third-order valence-corrected chi connectivity index (χ3v) is 5.35. The summed E-state index contributed by atoms with van der Waals surface area (Å²) in [4.78, 5) is 22.3. The fourth-order valence-corrected chi connectivity index (χ4v) is 3.77. The van der Waals surface area contributed by atoms with Crippen molar-refractivity contribution in [2.75, 3.05) is 33.0 Å². The van der Waals surface area contributed by atoms with Gasteiger partial charge < -0.3 is 20.1 Å². The first-order chi connectivity index (χ1) is 15.0. The number of carbonyl (C=O) groups excluding carboxylic acids is 1. The van der Waals surface area contributed by atoms with Gasteiger partial charge in [-0.1, -0.05) is 12.7 Å². The summed E-state index contributed by atoms with van der Waals surface area (Å²) in [5.41, 5.74) is 8.36. The second kappa shape index (κ2) is 8.47. The molecule has 1 amide bonds. The number of benzene rings is 1. The summed E-state index contributed by atoms with van der Waals surface area (Å²) in [6, 6.07) is 5.60. The van der Waals surface area contributed by atoms with Gasteiger partial charge in [-0.05, 0) is 36.3 Å². The molecule has 4 rings (SSSR count). The molecule has 0 saturated carbocycles. The van der Waals surface area contributed by atoms with Gasteiger partial charge in [0.1, 0.15) is 23.6 Å². The molecule has 9 nitrogen and oxygen atoms in total. The van der Waals surface area contributed by atoms with Gasteiger partial charge in [0.2, 0.25) is 5.91 Å². The standard InChI is InChI=1S/C22H24N6O3/c1-4-19(29)27-8-7-15(12-27)28-22-20(21(23)24-13-25-22)18(26-28)6-5-14-9-16(30-2)11-17(10-14)31-3/h4-6,9-11,13,15H,1,7-8,12H2,2-3H3,(H2,23,24,25)/b6-5+/t15-/m0/s1. The second-order valence-corrected chi connectivity index (χ2v) is 7.20. The largest absolute Gasteiger partial charge is 0.497 e. The molecular formula is C22H24N6O3. The molecule has 1 fully saturated rings. The molecule has 0 aliphatic carbocycles. The van der Waals surface area contributed by atoms with Crippen LogP contribution in [0.4, 0.5) is 5.82 Å². The van der Waals surface area contributed by atoms with Crippen molar-refractivity contribution >= 4 is 34.9 Å². The normalized spacial score (nSPS) is 16.2.